The molecular formula is C11H14FNOS. The predicted molar refractivity (Wildman–Crippen MR) is 61.9 cm³/mol. The van der Waals surface area contributed by atoms with Gasteiger partial charge in [0, 0.05) is 30.3 Å². The van der Waals surface area contributed by atoms with E-state index in [1.165, 1.54) is 12.1 Å². The molecular weight excluding hydrogens is 213 g/mol. The maximum Gasteiger partial charge on any atom is 0.125 e. The van der Waals surface area contributed by atoms with Crippen LogP contribution < -0.4 is 4.90 Å². The average Bonchev–Trinajstić information content (AvgIpc) is 2.29. The summed E-state index contributed by atoms with van der Waals surface area (Å²) in [5.74, 6) is 1.91. The summed E-state index contributed by atoms with van der Waals surface area (Å²) >= 11 is 1.92. The number of benzene rings is 1. The molecule has 0 saturated carbocycles. The Bertz CT molecular complexity index is 339. The van der Waals surface area contributed by atoms with Crippen molar-refractivity contribution in [3.63, 3.8) is 0 Å². The molecule has 1 aliphatic rings. The lowest BCUT2D eigenvalue weighted by Crippen LogP contribution is -2.32. The number of hydrogen-bond acceptors (Lipinski definition) is 3. The topological polar surface area (TPSA) is 23.5 Å². The first-order valence-corrected chi connectivity index (χ1v) is 6.18. The van der Waals surface area contributed by atoms with Crippen LogP contribution in [0.25, 0.3) is 0 Å². The Balaban J connectivity index is 2.22. The molecule has 1 aromatic rings. The molecule has 82 valence electrons. The van der Waals surface area contributed by atoms with E-state index >= 15 is 0 Å². The summed E-state index contributed by atoms with van der Waals surface area (Å²) < 4.78 is 13.2. The molecule has 0 amide bonds. The van der Waals surface area contributed by atoms with Gasteiger partial charge in [-0.25, -0.2) is 4.39 Å². The summed E-state index contributed by atoms with van der Waals surface area (Å²) in [7, 11) is 0. The minimum Gasteiger partial charge on any atom is -0.392 e. The van der Waals surface area contributed by atoms with Crippen LogP contribution in [0.15, 0.2) is 18.2 Å². The van der Waals surface area contributed by atoms with E-state index in [1.54, 1.807) is 0 Å². The van der Waals surface area contributed by atoms with Crippen LogP contribution in [0.1, 0.15) is 5.56 Å². The van der Waals surface area contributed by atoms with Crippen molar-refractivity contribution in [2.24, 2.45) is 0 Å². The van der Waals surface area contributed by atoms with E-state index in [4.69, 9.17) is 5.11 Å². The minimum atomic E-state index is -0.269. The normalized spacial score (nSPS) is 16.8. The zero-order chi connectivity index (χ0) is 10.7. The van der Waals surface area contributed by atoms with Crippen LogP contribution >= 0.6 is 11.8 Å². The van der Waals surface area contributed by atoms with E-state index in [-0.39, 0.29) is 12.4 Å². The predicted octanol–water partition coefficient (Wildman–Crippen LogP) is 1.87. The molecule has 0 radical (unpaired) electrons. The van der Waals surface area contributed by atoms with Crippen molar-refractivity contribution in [1.82, 2.24) is 0 Å². The lowest BCUT2D eigenvalue weighted by atomic mass is 10.2. The molecule has 0 aromatic heterocycles. The van der Waals surface area contributed by atoms with Gasteiger partial charge in [0.25, 0.3) is 0 Å². The van der Waals surface area contributed by atoms with Gasteiger partial charge in [-0.15, -0.1) is 0 Å². The Labute approximate surface area is 93.1 Å². The van der Waals surface area contributed by atoms with Crippen molar-refractivity contribution >= 4 is 17.4 Å². The number of aliphatic hydroxyl groups excluding tert-OH is 1. The molecule has 0 unspecified atom stereocenters. The van der Waals surface area contributed by atoms with E-state index in [0.29, 0.717) is 5.56 Å². The minimum absolute atomic E-state index is 0.104. The smallest absolute Gasteiger partial charge is 0.125 e. The number of anilines is 1. The molecule has 0 atom stereocenters. The van der Waals surface area contributed by atoms with Gasteiger partial charge in [-0.2, -0.15) is 11.8 Å². The van der Waals surface area contributed by atoms with Crippen molar-refractivity contribution in [3.8, 4) is 0 Å². The fraction of sp³-hybridized carbons (Fsp3) is 0.455. The molecule has 1 saturated heterocycles. The molecule has 4 heteroatoms. The largest absolute Gasteiger partial charge is 0.392 e. The van der Waals surface area contributed by atoms with Crippen molar-refractivity contribution in [3.05, 3.63) is 29.6 Å². The molecule has 1 fully saturated rings. The van der Waals surface area contributed by atoms with Gasteiger partial charge in [0.15, 0.2) is 0 Å². The van der Waals surface area contributed by atoms with E-state index in [0.717, 1.165) is 30.3 Å². The van der Waals surface area contributed by atoms with Crippen LogP contribution in [0, 0.1) is 5.82 Å². The van der Waals surface area contributed by atoms with Crippen LogP contribution in [0.4, 0.5) is 10.1 Å². The standard InChI is InChI=1S/C11H14FNOS/c12-10-5-9(8-14)6-11(7-10)13-1-3-15-4-2-13/h5-7,14H,1-4,8H2. The molecule has 0 bridgehead atoms. The van der Waals surface area contributed by atoms with E-state index in [1.807, 2.05) is 17.8 Å². The first-order valence-electron chi connectivity index (χ1n) is 5.02. The molecule has 1 aromatic carbocycles. The third kappa shape index (κ3) is 2.63. The monoisotopic (exact) mass is 227 g/mol. The SMILES string of the molecule is OCc1cc(F)cc(N2CCSCC2)c1. The molecule has 2 nitrogen and oxygen atoms in total. The Morgan fingerprint density at radius 3 is 2.67 bits per heavy atom. The Morgan fingerprint density at radius 1 is 1.27 bits per heavy atom. The van der Waals surface area contributed by atoms with Crippen LogP contribution in [-0.2, 0) is 6.61 Å². The molecule has 2 rings (SSSR count). The highest BCUT2D eigenvalue weighted by molar-refractivity contribution is 7.99. The molecule has 1 aliphatic heterocycles. The molecule has 1 heterocycles. The molecule has 1 N–H and O–H groups in total. The van der Waals surface area contributed by atoms with Crippen LogP contribution in [0.5, 0.6) is 0 Å². The highest BCUT2D eigenvalue weighted by Gasteiger charge is 2.12. The van der Waals surface area contributed by atoms with Gasteiger partial charge >= 0.3 is 0 Å². The first-order chi connectivity index (χ1) is 7.29. The van der Waals surface area contributed by atoms with E-state index < -0.39 is 0 Å². The summed E-state index contributed by atoms with van der Waals surface area (Å²) in [5.41, 5.74) is 1.53. The fourth-order valence-electron chi connectivity index (χ4n) is 1.73. The summed E-state index contributed by atoms with van der Waals surface area (Å²) in [4.78, 5) is 2.17. The number of halogens is 1. The zero-order valence-corrected chi connectivity index (χ0v) is 9.26. The van der Waals surface area contributed by atoms with Crippen LogP contribution in [0.2, 0.25) is 0 Å². The number of rotatable bonds is 2. The Morgan fingerprint density at radius 2 is 2.00 bits per heavy atom. The summed E-state index contributed by atoms with van der Waals surface area (Å²) in [5, 5.41) is 9.00. The highest BCUT2D eigenvalue weighted by Crippen LogP contribution is 2.22. The first kappa shape index (κ1) is 10.8. The van der Waals surface area contributed by atoms with Gasteiger partial charge in [-0.1, -0.05) is 0 Å². The zero-order valence-electron chi connectivity index (χ0n) is 8.45. The van der Waals surface area contributed by atoms with Crippen molar-refractivity contribution in [1.29, 1.82) is 0 Å². The fourth-order valence-corrected chi connectivity index (χ4v) is 2.63. The Hall–Kier alpha value is -0.740. The van der Waals surface area contributed by atoms with Gasteiger partial charge in [-0.05, 0) is 23.8 Å². The summed E-state index contributed by atoms with van der Waals surface area (Å²) in [6, 6.07) is 4.77. The third-order valence-corrected chi connectivity index (χ3v) is 3.44. The number of thioether (sulfide) groups is 1. The number of hydrogen-bond donors (Lipinski definition) is 1. The van der Waals surface area contributed by atoms with Gasteiger partial charge in [-0.3, -0.25) is 0 Å². The van der Waals surface area contributed by atoms with Crippen LogP contribution in [0.3, 0.4) is 0 Å². The summed E-state index contributed by atoms with van der Waals surface area (Å²) in [6.45, 7) is 1.81. The maximum atomic E-state index is 13.2. The summed E-state index contributed by atoms with van der Waals surface area (Å²) in [6.07, 6.45) is 0. The maximum absolute atomic E-state index is 13.2. The second-order valence-electron chi connectivity index (χ2n) is 3.58. The number of nitrogens with zero attached hydrogens (tertiary/aromatic N) is 1. The van der Waals surface area contributed by atoms with E-state index in [9.17, 15) is 4.39 Å². The van der Waals surface area contributed by atoms with Gasteiger partial charge < -0.3 is 10.0 Å². The molecule has 0 aliphatic carbocycles. The second-order valence-corrected chi connectivity index (χ2v) is 4.80. The van der Waals surface area contributed by atoms with Crippen molar-refractivity contribution in [2.45, 2.75) is 6.61 Å². The van der Waals surface area contributed by atoms with Crippen molar-refractivity contribution in [2.75, 3.05) is 29.5 Å². The molecule has 0 spiro atoms. The average molecular weight is 227 g/mol. The van der Waals surface area contributed by atoms with Crippen LogP contribution in [-0.4, -0.2) is 29.7 Å². The lowest BCUT2D eigenvalue weighted by molar-refractivity contribution is 0.281. The second kappa shape index (κ2) is 4.86. The highest BCUT2D eigenvalue weighted by atomic mass is 32.2. The van der Waals surface area contributed by atoms with Gasteiger partial charge in [0.2, 0.25) is 0 Å². The molecule has 15 heavy (non-hydrogen) atoms. The van der Waals surface area contributed by atoms with Gasteiger partial charge in [0.1, 0.15) is 5.82 Å². The van der Waals surface area contributed by atoms with Crippen molar-refractivity contribution < 1.29 is 9.50 Å². The quantitative estimate of drug-likeness (QED) is 0.834. The Kier molecular flexibility index (Phi) is 3.49. The van der Waals surface area contributed by atoms with Gasteiger partial charge in [0.05, 0.1) is 6.61 Å². The van der Waals surface area contributed by atoms with E-state index in [2.05, 4.69) is 4.90 Å². The number of aliphatic hydroxyl groups is 1. The third-order valence-electron chi connectivity index (χ3n) is 2.50. The lowest BCUT2D eigenvalue weighted by Gasteiger charge is -2.28.